The van der Waals surface area contributed by atoms with Crippen molar-refractivity contribution in [1.29, 1.82) is 0 Å². The summed E-state index contributed by atoms with van der Waals surface area (Å²) in [5, 5.41) is 4.01. The van der Waals surface area contributed by atoms with Gasteiger partial charge in [0, 0.05) is 25.1 Å². The van der Waals surface area contributed by atoms with Gasteiger partial charge in [-0.25, -0.2) is 13.8 Å². The number of aromatic nitrogens is 3. The van der Waals surface area contributed by atoms with Gasteiger partial charge in [-0.3, -0.25) is 4.79 Å². The molecule has 0 N–H and O–H groups in total. The second-order valence-corrected chi connectivity index (χ2v) is 7.82. The molecule has 4 aromatic rings. The molecular formula is C22H17ClF2N4O2. The number of oxazole rings is 1. The van der Waals surface area contributed by atoms with Crippen LogP contribution in [0.1, 0.15) is 24.7 Å². The fourth-order valence-corrected chi connectivity index (χ4v) is 4.15. The molecule has 1 aliphatic rings. The van der Waals surface area contributed by atoms with E-state index >= 15 is 0 Å². The number of fused-ring (bicyclic) bond motifs is 1. The molecule has 2 aromatic heterocycles. The summed E-state index contributed by atoms with van der Waals surface area (Å²) in [4.78, 5) is 19.3. The van der Waals surface area contributed by atoms with Gasteiger partial charge in [-0.1, -0.05) is 23.7 Å². The lowest BCUT2D eigenvalue weighted by Gasteiger charge is -2.32. The Kier molecular flexibility index (Phi) is 4.94. The third kappa shape index (κ3) is 3.57. The van der Waals surface area contributed by atoms with E-state index in [4.69, 9.17) is 16.0 Å². The number of nitrogens with zero attached hydrogens (tertiary/aromatic N) is 4. The third-order valence-corrected chi connectivity index (χ3v) is 5.89. The van der Waals surface area contributed by atoms with Crippen molar-refractivity contribution in [2.75, 3.05) is 18.0 Å². The van der Waals surface area contributed by atoms with E-state index in [0.717, 1.165) is 40.8 Å². The lowest BCUT2D eigenvalue weighted by atomic mass is 9.96. The van der Waals surface area contributed by atoms with E-state index in [1.807, 2.05) is 29.2 Å². The van der Waals surface area contributed by atoms with Gasteiger partial charge >= 0.3 is 0 Å². The van der Waals surface area contributed by atoms with Crippen LogP contribution in [0.15, 0.2) is 57.9 Å². The molecule has 0 atom stereocenters. The maximum absolute atomic E-state index is 14.1. The summed E-state index contributed by atoms with van der Waals surface area (Å²) < 4.78 is 34.0. The van der Waals surface area contributed by atoms with Gasteiger partial charge in [-0.15, -0.1) is 0 Å². The SMILES string of the molecule is O=c1c(Cl)c(N2CCC(c3nc4ccccc4o3)CC2)cnn1-c1ccc(F)cc1F. The van der Waals surface area contributed by atoms with Gasteiger partial charge < -0.3 is 9.32 Å². The van der Waals surface area contributed by atoms with Crippen LogP contribution in [-0.2, 0) is 0 Å². The van der Waals surface area contributed by atoms with Gasteiger partial charge in [0.2, 0.25) is 0 Å². The first kappa shape index (κ1) is 19.7. The topological polar surface area (TPSA) is 64.2 Å². The fraction of sp³-hybridized carbons (Fsp3) is 0.227. The minimum absolute atomic E-state index is 0.0564. The molecule has 2 aromatic carbocycles. The highest BCUT2D eigenvalue weighted by Crippen LogP contribution is 2.33. The first-order valence-corrected chi connectivity index (χ1v) is 10.2. The summed E-state index contributed by atoms with van der Waals surface area (Å²) in [6.45, 7) is 1.28. The lowest BCUT2D eigenvalue weighted by molar-refractivity contribution is 0.407. The van der Waals surface area contributed by atoms with Crippen LogP contribution in [-0.4, -0.2) is 27.9 Å². The second kappa shape index (κ2) is 7.77. The average molecular weight is 443 g/mol. The number of piperidine rings is 1. The minimum Gasteiger partial charge on any atom is -0.440 e. The van der Waals surface area contributed by atoms with E-state index in [0.29, 0.717) is 30.7 Å². The Morgan fingerprint density at radius 3 is 2.58 bits per heavy atom. The van der Waals surface area contributed by atoms with E-state index < -0.39 is 17.2 Å². The van der Waals surface area contributed by atoms with Crippen LogP contribution < -0.4 is 10.5 Å². The Balaban J connectivity index is 1.36. The number of para-hydroxylation sites is 2. The van der Waals surface area contributed by atoms with Crippen molar-refractivity contribution in [3.8, 4) is 5.69 Å². The van der Waals surface area contributed by atoms with Crippen molar-refractivity contribution in [3.05, 3.63) is 81.6 Å². The average Bonchev–Trinajstić information content (AvgIpc) is 3.21. The highest BCUT2D eigenvalue weighted by molar-refractivity contribution is 6.33. The first-order valence-electron chi connectivity index (χ1n) is 9.85. The Labute approximate surface area is 180 Å². The molecule has 9 heteroatoms. The monoisotopic (exact) mass is 442 g/mol. The van der Waals surface area contributed by atoms with Gasteiger partial charge in [0.15, 0.2) is 17.3 Å². The molecule has 0 bridgehead atoms. The lowest BCUT2D eigenvalue weighted by Crippen LogP contribution is -2.35. The fourth-order valence-electron chi connectivity index (χ4n) is 3.90. The summed E-state index contributed by atoms with van der Waals surface area (Å²) in [5.74, 6) is -0.743. The maximum atomic E-state index is 14.1. The van der Waals surface area contributed by atoms with Crippen molar-refractivity contribution in [2.24, 2.45) is 0 Å². The van der Waals surface area contributed by atoms with E-state index in [2.05, 4.69) is 10.1 Å². The van der Waals surface area contributed by atoms with Gasteiger partial charge in [-0.2, -0.15) is 9.78 Å². The summed E-state index contributed by atoms with van der Waals surface area (Å²) in [5.41, 5.74) is 1.27. The number of hydrogen-bond donors (Lipinski definition) is 0. The van der Waals surface area contributed by atoms with Gasteiger partial charge in [0.05, 0.1) is 11.9 Å². The van der Waals surface area contributed by atoms with Crippen LogP contribution in [0.5, 0.6) is 0 Å². The van der Waals surface area contributed by atoms with Crippen molar-refractivity contribution in [2.45, 2.75) is 18.8 Å². The van der Waals surface area contributed by atoms with Crippen molar-refractivity contribution in [1.82, 2.24) is 14.8 Å². The van der Waals surface area contributed by atoms with Crippen LogP contribution in [0, 0.1) is 11.6 Å². The molecule has 3 heterocycles. The van der Waals surface area contributed by atoms with Gasteiger partial charge in [0.25, 0.3) is 5.56 Å². The minimum atomic E-state index is -0.891. The Morgan fingerprint density at radius 2 is 1.84 bits per heavy atom. The molecule has 1 aliphatic heterocycles. The molecule has 6 nitrogen and oxygen atoms in total. The molecule has 0 saturated carbocycles. The number of rotatable bonds is 3. The zero-order valence-electron chi connectivity index (χ0n) is 16.3. The Hall–Kier alpha value is -3.26. The van der Waals surface area contributed by atoms with Gasteiger partial charge in [-0.05, 0) is 37.1 Å². The molecule has 158 valence electrons. The molecule has 0 aliphatic carbocycles. The predicted octanol–water partition coefficient (Wildman–Crippen LogP) is 4.69. The van der Waals surface area contributed by atoms with Crippen LogP contribution in [0.4, 0.5) is 14.5 Å². The molecule has 0 amide bonds. The van der Waals surface area contributed by atoms with Crippen molar-refractivity contribution >= 4 is 28.4 Å². The quantitative estimate of drug-likeness (QED) is 0.460. The van der Waals surface area contributed by atoms with E-state index in [1.165, 1.54) is 6.20 Å². The van der Waals surface area contributed by atoms with Crippen LogP contribution >= 0.6 is 11.6 Å². The molecule has 0 unspecified atom stereocenters. The van der Waals surface area contributed by atoms with Crippen LogP contribution in [0.2, 0.25) is 5.02 Å². The zero-order valence-corrected chi connectivity index (χ0v) is 17.0. The van der Waals surface area contributed by atoms with E-state index in [-0.39, 0.29) is 16.6 Å². The summed E-state index contributed by atoms with van der Waals surface area (Å²) in [7, 11) is 0. The Morgan fingerprint density at radius 1 is 1.06 bits per heavy atom. The molecule has 0 radical (unpaired) electrons. The zero-order chi connectivity index (χ0) is 21.5. The highest BCUT2D eigenvalue weighted by atomic mass is 35.5. The normalized spacial score (nSPS) is 15.0. The largest absolute Gasteiger partial charge is 0.440 e. The molecular weight excluding hydrogens is 426 g/mol. The first-order chi connectivity index (χ1) is 15.0. The molecule has 1 fully saturated rings. The molecule has 1 saturated heterocycles. The van der Waals surface area contributed by atoms with Crippen LogP contribution in [0.25, 0.3) is 16.8 Å². The number of benzene rings is 2. The summed E-state index contributed by atoms with van der Waals surface area (Å²) in [6.07, 6.45) is 2.99. The number of halogens is 3. The summed E-state index contributed by atoms with van der Waals surface area (Å²) in [6, 6.07) is 10.6. The molecule has 5 rings (SSSR count). The third-order valence-electron chi connectivity index (χ3n) is 5.53. The maximum Gasteiger partial charge on any atom is 0.292 e. The molecule has 31 heavy (non-hydrogen) atoms. The van der Waals surface area contributed by atoms with E-state index in [9.17, 15) is 13.6 Å². The van der Waals surface area contributed by atoms with Crippen molar-refractivity contribution < 1.29 is 13.2 Å². The number of anilines is 1. The van der Waals surface area contributed by atoms with Crippen LogP contribution in [0.3, 0.4) is 0 Å². The predicted molar refractivity (Wildman–Crippen MR) is 113 cm³/mol. The smallest absolute Gasteiger partial charge is 0.292 e. The van der Waals surface area contributed by atoms with Crippen molar-refractivity contribution in [3.63, 3.8) is 0 Å². The summed E-state index contributed by atoms with van der Waals surface area (Å²) >= 11 is 6.33. The Bertz CT molecular complexity index is 1300. The standard InChI is InChI=1S/C22H17ClF2N4O2/c23-20-18(12-26-29(22(20)30)17-6-5-14(24)11-15(17)25)28-9-7-13(8-10-28)21-27-16-3-1-2-4-19(16)31-21/h1-6,11-13H,7-10H2. The highest BCUT2D eigenvalue weighted by Gasteiger charge is 2.27. The molecule has 0 spiro atoms. The second-order valence-electron chi connectivity index (χ2n) is 7.44. The van der Waals surface area contributed by atoms with Gasteiger partial charge in [0.1, 0.15) is 22.0 Å². The number of hydrogen-bond acceptors (Lipinski definition) is 5. The van der Waals surface area contributed by atoms with E-state index in [1.54, 1.807) is 0 Å².